The summed E-state index contributed by atoms with van der Waals surface area (Å²) in [6, 6.07) is 15.1. The number of nitrogens with one attached hydrogen (secondary N) is 2. The van der Waals surface area contributed by atoms with E-state index < -0.39 is 30.3 Å². The van der Waals surface area contributed by atoms with Crippen LogP contribution in [-0.4, -0.2) is 36.8 Å². The molecular formula is C20H18ClN3O5. The first-order valence-electron chi connectivity index (χ1n) is 8.81. The predicted octanol–water partition coefficient (Wildman–Crippen LogP) is 1.70. The van der Waals surface area contributed by atoms with Crippen LogP contribution in [0.15, 0.2) is 54.6 Å². The van der Waals surface area contributed by atoms with Gasteiger partial charge in [-0.05, 0) is 36.4 Å². The molecule has 2 aromatic carbocycles. The molecule has 0 aromatic heterocycles. The Hall–Kier alpha value is -3.39. The molecule has 0 aliphatic carbocycles. The first kappa shape index (κ1) is 20.3. The van der Waals surface area contributed by atoms with Crippen LogP contribution in [0.4, 0.5) is 5.69 Å². The van der Waals surface area contributed by atoms with Crippen molar-refractivity contribution in [3.8, 4) is 0 Å². The summed E-state index contributed by atoms with van der Waals surface area (Å²) in [7, 11) is 0. The Bertz CT molecular complexity index is 917. The molecule has 0 spiro atoms. The molecule has 1 atom stereocenters. The van der Waals surface area contributed by atoms with E-state index in [1.165, 1.54) is 17.0 Å². The number of rotatable bonds is 5. The Balaban J connectivity index is 1.43. The van der Waals surface area contributed by atoms with Crippen LogP contribution < -0.4 is 15.8 Å². The summed E-state index contributed by atoms with van der Waals surface area (Å²) in [6.07, 6.45) is 0.0165. The maximum Gasteiger partial charge on any atom is 0.311 e. The molecule has 0 unspecified atom stereocenters. The quantitative estimate of drug-likeness (QED) is 0.571. The summed E-state index contributed by atoms with van der Waals surface area (Å²) in [6.45, 7) is -0.383. The maximum atomic E-state index is 12.2. The lowest BCUT2D eigenvalue weighted by molar-refractivity contribution is -0.152. The zero-order valence-electron chi connectivity index (χ0n) is 15.3. The summed E-state index contributed by atoms with van der Waals surface area (Å²) in [5, 5.41) is 0.480. The van der Waals surface area contributed by atoms with Gasteiger partial charge in [-0.1, -0.05) is 29.8 Å². The fourth-order valence-corrected chi connectivity index (χ4v) is 2.94. The first-order chi connectivity index (χ1) is 13.9. The van der Waals surface area contributed by atoms with Crippen LogP contribution in [0.2, 0.25) is 5.02 Å². The SMILES string of the molecule is O=C(COC(=O)[C@H]1CC(=O)N(c2ccccc2)C1)NNC(=O)c1ccc(Cl)cc1. The van der Waals surface area contributed by atoms with Crippen molar-refractivity contribution in [3.05, 3.63) is 65.2 Å². The number of esters is 1. The molecule has 1 aliphatic heterocycles. The number of amides is 3. The second-order valence-electron chi connectivity index (χ2n) is 6.36. The average Bonchev–Trinajstić information content (AvgIpc) is 3.13. The van der Waals surface area contributed by atoms with E-state index in [0.29, 0.717) is 16.3 Å². The monoisotopic (exact) mass is 415 g/mol. The third kappa shape index (κ3) is 5.32. The number of hydrogen-bond acceptors (Lipinski definition) is 5. The molecular weight excluding hydrogens is 398 g/mol. The van der Waals surface area contributed by atoms with E-state index in [4.69, 9.17) is 16.3 Å². The molecule has 1 heterocycles. The van der Waals surface area contributed by atoms with E-state index in [-0.39, 0.29) is 18.9 Å². The van der Waals surface area contributed by atoms with Crippen molar-refractivity contribution in [1.82, 2.24) is 10.9 Å². The zero-order chi connectivity index (χ0) is 20.8. The number of ether oxygens (including phenoxy) is 1. The fourth-order valence-electron chi connectivity index (χ4n) is 2.81. The lowest BCUT2D eigenvalue weighted by atomic mass is 10.1. The number of hydrogen-bond donors (Lipinski definition) is 2. The number of carbonyl (C=O) groups excluding carboxylic acids is 4. The number of carbonyl (C=O) groups is 4. The van der Waals surface area contributed by atoms with Crippen LogP contribution in [-0.2, 0) is 19.1 Å². The van der Waals surface area contributed by atoms with Gasteiger partial charge in [-0.25, -0.2) is 0 Å². The molecule has 2 aromatic rings. The Labute approximate surface area is 171 Å². The molecule has 1 saturated heterocycles. The van der Waals surface area contributed by atoms with E-state index in [1.54, 1.807) is 36.4 Å². The van der Waals surface area contributed by atoms with Crippen LogP contribution in [0, 0.1) is 5.92 Å². The van der Waals surface area contributed by atoms with Gasteiger partial charge in [0, 0.05) is 29.2 Å². The van der Waals surface area contributed by atoms with E-state index >= 15 is 0 Å². The van der Waals surface area contributed by atoms with Crippen molar-refractivity contribution in [2.75, 3.05) is 18.1 Å². The van der Waals surface area contributed by atoms with Crippen molar-refractivity contribution in [2.24, 2.45) is 5.92 Å². The topological polar surface area (TPSA) is 105 Å². The van der Waals surface area contributed by atoms with Gasteiger partial charge in [0.15, 0.2) is 6.61 Å². The normalized spacial score (nSPS) is 15.7. The molecule has 3 rings (SSSR count). The number of anilines is 1. The van der Waals surface area contributed by atoms with Gasteiger partial charge in [-0.3, -0.25) is 30.0 Å². The van der Waals surface area contributed by atoms with Crippen molar-refractivity contribution < 1.29 is 23.9 Å². The highest BCUT2D eigenvalue weighted by Gasteiger charge is 2.36. The molecule has 0 bridgehead atoms. The van der Waals surface area contributed by atoms with Crippen LogP contribution >= 0.6 is 11.6 Å². The van der Waals surface area contributed by atoms with Gasteiger partial charge in [0.25, 0.3) is 11.8 Å². The summed E-state index contributed by atoms with van der Waals surface area (Å²) < 4.78 is 4.98. The van der Waals surface area contributed by atoms with E-state index in [1.807, 2.05) is 6.07 Å². The molecule has 3 amide bonds. The standard InChI is InChI=1S/C20H18ClN3O5/c21-15-8-6-13(7-9-15)19(27)23-22-17(25)12-29-20(28)14-10-18(26)24(11-14)16-4-2-1-3-5-16/h1-9,14H,10-12H2,(H,22,25)(H,23,27)/t14-/m0/s1. The van der Waals surface area contributed by atoms with Crippen LogP contribution in [0.1, 0.15) is 16.8 Å². The van der Waals surface area contributed by atoms with Crippen molar-refractivity contribution in [2.45, 2.75) is 6.42 Å². The fraction of sp³-hybridized carbons (Fsp3) is 0.200. The third-order valence-corrected chi connectivity index (χ3v) is 4.55. The Morgan fingerprint density at radius 2 is 1.72 bits per heavy atom. The highest BCUT2D eigenvalue weighted by atomic mass is 35.5. The summed E-state index contributed by atoms with van der Waals surface area (Å²) in [4.78, 5) is 49.5. The molecule has 150 valence electrons. The minimum absolute atomic E-state index is 0.0165. The van der Waals surface area contributed by atoms with Gasteiger partial charge in [-0.2, -0.15) is 0 Å². The molecule has 1 fully saturated rings. The third-order valence-electron chi connectivity index (χ3n) is 4.29. The average molecular weight is 416 g/mol. The predicted molar refractivity (Wildman–Crippen MR) is 105 cm³/mol. The number of para-hydroxylation sites is 1. The first-order valence-corrected chi connectivity index (χ1v) is 9.18. The van der Waals surface area contributed by atoms with E-state index in [9.17, 15) is 19.2 Å². The van der Waals surface area contributed by atoms with Crippen molar-refractivity contribution >= 4 is 41.0 Å². The molecule has 0 saturated carbocycles. The zero-order valence-corrected chi connectivity index (χ0v) is 16.0. The second kappa shape index (κ2) is 9.20. The minimum Gasteiger partial charge on any atom is -0.455 e. The van der Waals surface area contributed by atoms with Gasteiger partial charge in [0.1, 0.15) is 0 Å². The number of benzene rings is 2. The van der Waals surface area contributed by atoms with Crippen LogP contribution in [0.3, 0.4) is 0 Å². The van der Waals surface area contributed by atoms with E-state index in [2.05, 4.69) is 10.9 Å². The lowest BCUT2D eigenvalue weighted by Gasteiger charge is -2.16. The Morgan fingerprint density at radius 1 is 1.03 bits per heavy atom. The smallest absolute Gasteiger partial charge is 0.311 e. The van der Waals surface area contributed by atoms with Gasteiger partial charge < -0.3 is 9.64 Å². The van der Waals surface area contributed by atoms with Crippen molar-refractivity contribution in [1.29, 1.82) is 0 Å². The largest absolute Gasteiger partial charge is 0.455 e. The van der Waals surface area contributed by atoms with Gasteiger partial charge in [0.2, 0.25) is 5.91 Å². The summed E-state index contributed by atoms with van der Waals surface area (Å²) in [5.74, 6) is -2.72. The molecule has 0 radical (unpaired) electrons. The molecule has 1 aliphatic rings. The molecule has 2 N–H and O–H groups in total. The van der Waals surface area contributed by atoms with Crippen LogP contribution in [0.25, 0.3) is 0 Å². The lowest BCUT2D eigenvalue weighted by Crippen LogP contribution is -2.43. The minimum atomic E-state index is -0.704. The second-order valence-corrected chi connectivity index (χ2v) is 6.79. The highest BCUT2D eigenvalue weighted by Crippen LogP contribution is 2.25. The van der Waals surface area contributed by atoms with Crippen molar-refractivity contribution in [3.63, 3.8) is 0 Å². The van der Waals surface area contributed by atoms with Gasteiger partial charge in [0.05, 0.1) is 5.92 Å². The maximum absolute atomic E-state index is 12.2. The molecule has 9 heteroatoms. The van der Waals surface area contributed by atoms with Gasteiger partial charge in [-0.15, -0.1) is 0 Å². The Kier molecular flexibility index (Phi) is 6.46. The van der Waals surface area contributed by atoms with E-state index in [0.717, 1.165) is 0 Å². The number of hydrazine groups is 1. The molecule has 29 heavy (non-hydrogen) atoms. The van der Waals surface area contributed by atoms with Gasteiger partial charge >= 0.3 is 5.97 Å². The molecule has 8 nitrogen and oxygen atoms in total. The number of nitrogens with zero attached hydrogens (tertiary/aromatic N) is 1. The Morgan fingerprint density at radius 3 is 2.41 bits per heavy atom. The summed E-state index contributed by atoms with van der Waals surface area (Å²) in [5.41, 5.74) is 5.38. The van der Waals surface area contributed by atoms with Crippen LogP contribution in [0.5, 0.6) is 0 Å². The highest BCUT2D eigenvalue weighted by molar-refractivity contribution is 6.30. The number of halogens is 1. The summed E-state index contributed by atoms with van der Waals surface area (Å²) >= 11 is 5.75.